The molecule has 2 rings (SSSR count). The lowest BCUT2D eigenvalue weighted by atomic mass is 10.1. The Morgan fingerprint density at radius 2 is 1.85 bits per heavy atom. The van der Waals surface area contributed by atoms with E-state index in [2.05, 4.69) is 10.5 Å². The highest BCUT2D eigenvalue weighted by Crippen LogP contribution is 2.24. The highest BCUT2D eigenvalue weighted by atomic mass is 32.2. The molecule has 0 aromatic heterocycles. The number of rotatable bonds is 7. The van der Waals surface area contributed by atoms with Crippen molar-refractivity contribution < 1.29 is 17.9 Å². The van der Waals surface area contributed by atoms with Crippen LogP contribution in [-0.4, -0.2) is 40.4 Å². The van der Waals surface area contributed by atoms with E-state index in [0.717, 1.165) is 27.3 Å². The van der Waals surface area contributed by atoms with Crippen molar-refractivity contribution in [1.29, 1.82) is 0 Å². The summed E-state index contributed by atoms with van der Waals surface area (Å²) in [6.07, 6.45) is 2.54. The topological polar surface area (TPSA) is 88.1 Å². The fourth-order valence-electron chi connectivity index (χ4n) is 2.42. The molecule has 0 spiro atoms. The van der Waals surface area contributed by atoms with Crippen LogP contribution < -0.4 is 14.5 Å². The number of anilines is 1. The van der Waals surface area contributed by atoms with Crippen molar-refractivity contribution in [2.24, 2.45) is 5.10 Å². The smallest absolute Gasteiger partial charge is 0.260 e. The van der Waals surface area contributed by atoms with E-state index in [0.29, 0.717) is 11.4 Å². The van der Waals surface area contributed by atoms with Gasteiger partial charge in [0, 0.05) is 0 Å². The van der Waals surface area contributed by atoms with E-state index in [-0.39, 0.29) is 6.54 Å². The molecule has 144 valence electrons. The van der Waals surface area contributed by atoms with Crippen molar-refractivity contribution in [3.8, 4) is 5.75 Å². The molecule has 1 N–H and O–H groups in total. The minimum atomic E-state index is -3.63. The summed E-state index contributed by atoms with van der Waals surface area (Å²) in [6.45, 7) is 3.35. The molecule has 0 heterocycles. The molecule has 0 radical (unpaired) electrons. The van der Waals surface area contributed by atoms with Crippen LogP contribution in [-0.2, 0) is 14.8 Å². The van der Waals surface area contributed by atoms with Crippen molar-refractivity contribution in [3.63, 3.8) is 0 Å². The average Bonchev–Trinajstić information content (AvgIpc) is 2.62. The predicted octanol–water partition coefficient (Wildman–Crippen LogP) is 2.23. The van der Waals surface area contributed by atoms with E-state index in [1.807, 2.05) is 19.9 Å². The third-order valence-corrected chi connectivity index (χ3v) is 5.18. The molecule has 0 aliphatic rings. The summed E-state index contributed by atoms with van der Waals surface area (Å²) in [6, 6.07) is 12.4. The van der Waals surface area contributed by atoms with Gasteiger partial charge in [-0.2, -0.15) is 5.10 Å². The van der Waals surface area contributed by atoms with Gasteiger partial charge in [-0.25, -0.2) is 13.8 Å². The maximum Gasteiger partial charge on any atom is 0.260 e. The fraction of sp³-hybridized carbons (Fsp3) is 0.263. The first-order chi connectivity index (χ1) is 12.7. The summed E-state index contributed by atoms with van der Waals surface area (Å²) < 4.78 is 30.5. The molecule has 0 unspecified atom stereocenters. The van der Waals surface area contributed by atoms with Crippen molar-refractivity contribution in [3.05, 3.63) is 59.2 Å². The monoisotopic (exact) mass is 389 g/mol. The Kier molecular flexibility index (Phi) is 6.57. The van der Waals surface area contributed by atoms with E-state index in [9.17, 15) is 13.2 Å². The first-order valence-corrected chi connectivity index (χ1v) is 10.1. The average molecular weight is 389 g/mol. The molecule has 0 atom stereocenters. The molecular weight excluding hydrogens is 366 g/mol. The van der Waals surface area contributed by atoms with Crippen molar-refractivity contribution in [2.45, 2.75) is 13.8 Å². The van der Waals surface area contributed by atoms with Crippen LogP contribution in [0.25, 0.3) is 0 Å². The number of hydrogen-bond acceptors (Lipinski definition) is 5. The fourth-order valence-corrected chi connectivity index (χ4v) is 3.33. The number of amides is 1. The molecule has 0 saturated heterocycles. The molecule has 2 aromatic carbocycles. The van der Waals surface area contributed by atoms with Gasteiger partial charge < -0.3 is 4.74 Å². The molecule has 0 aliphatic heterocycles. The van der Waals surface area contributed by atoms with E-state index in [4.69, 9.17) is 4.74 Å². The van der Waals surface area contributed by atoms with Crippen LogP contribution in [0.3, 0.4) is 0 Å². The lowest BCUT2D eigenvalue weighted by Crippen LogP contribution is -2.39. The number of carbonyl (C=O) groups excluding carboxylic acids is 1. The van der Waals surface area contributed by atoms with E-state index < -0.39 is 15.9 Å². The zero-order chi connectivity index (χ0) is 20.0. The van der Waals surface area contributed by atoms with Gasteiger partial charge in [-0.05, 0) is 60.9 Å². The second kappa shape index (κ2) is 8.68. The second-order valence-corrected chi connectivity index (χ2v) is 7.96. The number of aryl methyl sites for hydroxylation is 1. The van der Waals surface area contributed by atoms with Gasteiger partial charge in [0.05, 0.1) is 25.3 Å². The largest absolute Gasteiger partial charge is 0.497 e. The molecule has 27 heavy (non-hydrogen) atoms. The summed E-state index contributed by atoms with van der Waals surface area (Å²) in [4.78, 5) is 12.2. The van der Waals surface area contributed by atoms with Crippen LogP contribution in [0.4, 0.5) is 5.69 Å². The molecule has 0 fully saturated rings. The van der Waals surface area contributed by atoms with Crippen molar-refractivity contribution >= 4 is 27.8 Å². The minimum Gasteiger partial charge on any atom is -0.497 e. The lowest BCUT2D eigenvalue weighted by Gasteiger charge is -2.23. The third kappa shape index (κ3) is 5.55. The maximum atomic E-state index is 12.2. The van der Waals surface area contributed by atoms with Crippen LogP contribution in [0.1, 0.15) is 16.7 Å². The van der Waals surface area contributed by atoms with E-state index in [1.165, 1.54) is 6.21 Å². The predicted molar refractivity (Wildman–Crippen MR) is 107 cm³/mol. The van der Waals surface area contributed by atoms with Gasteiger partial charge in [-0.15, -0.1) is 0 Å². The summed E-state index contributed by atoms with van der Waals surface area (Å²) in [5, 5.41) is 3.88. The number of benzene rings is 2. The Morgan fingerprint density at radius 1 is 1.19 bits per heavy atom. The highest BCUT2D eigenvalue weighted by molar-refractivity contribution is 7.92. The second-order valence-electron chi connectivity index (χ2n) is 6.06. The number of hydrogen-bond donors (Lipinski definition) is 1. The molecule has 0 aliphatic carbocycles. The van der Waals surface area contributed by atoms with Crippen LogP contribution in [0.15, 0.2) is 47.6 Å². The summed E-state index contributed by atoms with van der Waals surface area (Å²) in [7, 11) is -2.05. The van der Waals surface area contributed by atoms with Gasteiger partial charge in [0.25, 0.3) is 5.91 Å². The number of hydrazone groups is 1. The Bertz CT molecular complexity index is 938. The number of nitrogens with zero attached hydrogens (tertiary/aromatic N) is 2. The van der Waals surface area contributed by atoms with Gasteiger partial charge in [0.1, 0.15) is 12.3 Å². The van der Waals surface area contributed by atoms with Gasteiger partial charge >= 0.3 is 0 Å². The number of methoxy groups -OCH3 is 1. The first kappa shape index (κ1) is 20.4. The van der Waals surface area contributed by atoms with Gasteiger partial charge in [-0.3, -0.25) is 9.10 Å². The third-order valence-electron chi connectivity index (χ3n) is 4.05. The first-order valence-electron chi connectivity index (χ1n) is 8.22. The van der Waals surface area contributed by atoms with Crippen molar-refractivity contribution in [2.75, 3.05) is 24.2 Å². The summed E-state index contributed by atoms with van der Waals surface area (Å²) in [5.74, 6) is 0.180. The Morgan fingerprint density at radius 3 is 2.44 bits per heavy atom. The van der Waals surface area contributed by atoms with Crippen LogP contribution in [0, 0.1) is 13.8 Å². The Hall–Kier alpha value is -2.87. The van der Waals surface area contributed by atoms with E-state index in [1.54, 1.807) is 43.5 Å². The Labute approximate surface area is 159 Å². The van der Waals surface area contributed by atoms with Gasteiger partial charge in [0.15, 0.2) is 0 Å². The number of ether oxygens (including phenoxy) is 1. The molecular formula is C19H23N3O4S. The zero-order valence-corrected chi connectivity index (χ0v) is 16.6. The van der Waals surface area contributed by atoms with E-state index >= 15 is 0 Å². The summed E-state index contributed by atoms with van der Waals surface area (Å²) in [5.41, 5.74) is 5.35. The lowest BCUT2D eigenvalue weighted by molar-refractivity contribution is -0.119. The summed E-state index contributed by atoms with van der Waals surface area (Å²) >= 11 is 0. The normalized spacial score (nSPS) is 11.4. The number of sulfonamides is 1. The molecule has 2 aromatic rings. The molecule has 7 nitrogen and oxygen atoms in total. The SMILES string of the molecule is COc1ccc(/C=N\NC(=O)CN(c2cccc(C)c2C)S(C)(=O)=O)cc1. The van der Waals surface area contributed by atoms with Crippen LogP contribution >= 0.6 is 0 Å². The molecule has 8 heteroatoms. The minimum absolute atomic E-state index is 0.358. The standard InChI is InChI=1S/C19H23N3O4S/c1-14-6-5-7-18(15(14)2)22(27(4,24)25)13-19(23)21-20-12-16-8-10-17(26-3)11-9-16/h5-12H,13H2,1-4H3,(H,21,23)/b20-12-. The molecule has 1 amide bonds. The number of nitrogens with one attached hydrogen (secondary N) is 1. The Balaban J connectivity index is 2.10. The zero-order valence-electron chi connectivity index (χ0n) is 15.8. The van der Waals surface area contributed by atoms with Gasteiger partial charge in [-0.1, -0.05) is 12.1 Å². The van der Waals surface area contributed by atoms with Crippen LogP contribution in [0.2, 0.25) is 0 Å². The van der Waals surface area contributed by atoms with Crippen LogP contribution in [0.5, 0.6) is 5.75 Å². The molecule has 0 bridgehead atoms. The van der Waals surface area contributed by atoms with Crippen molar-refractivity contribution in [1.82, 2.24) is 5.43 Å². The quantitative estimate of drug-likeness (QED) is 0.581. The molecule has 0 saturated carbocycles. The maximum absolute atomic E-state index is 12.2. The highest BCUT2D eigenvalue weighted by Gasteiger charge is 2.22. The van der Waals surface area contributed by atoms with Gasteiger partial charge in [0.2, 0.25) is 10.0 Å². The number of carbonyl (C=O) groups is 1.